The summed E-state index contributed by atoms with van der Waals surface area (Å²) in [6, 6.07) is 1.20. The molecule has 78 valence electrons. The van der Waals surface area contributed by atoms with Crippen molar-refractivity contribution in [3.05, 3.63) is 0 Å². The number of piperidine rings is 1. The first-order valence-electron chi connectivity index (χ1n) is 5.29. The van der Waals surface area contributed by atoms with E-state index >= 15 is 0 Å². The summed E-state index contributed by atoms with van der Waals surface area (Å²) in [7, 11) is 0. The van der Waals surface area contributed by atoms with Crippen LogP contribution in [0.1, 0.15) is 33.1 Å². The maximum Gasteiger partial charge on any atom is 0.0789 e. The van der Waals surface area contributed by atoms with Gasteiger partial charge in [0.25, 0.3) is 0 Å². The van der Waals surface area contributed by atoms with Crippen LogP contribution in [-0.2, 0) is 0 Å². The SMILES string of the molecule is CC1CCCC(C)N1C[C@@H](O)CN. The van der Waals surface area contributed by atoms with Gasteiger partial charge in [0.05, 0.1) is 6.10 Å². The molecule has 0 aromatic rings. The second-order valence-corrected chi connectivity index (χ2v) is 4.22. The third-order valence-corrected chi connectivity index (χ3v) is 3.07. The molecule has 1 saturated heterocycles. The Labute approximate surface area is 80.9 Å². The molecule has 1 heterocycles. The van der Waals surface area contributed by atoms with Gasteiger partial charge in [-0.2, -0.15) is 0 Å². The molecule has 3 heteroatoms. The Hall–Kier alpha value is -0.120. The van der Waals surface area contributed by atoms with Crippen molar-refractivity contribution in [1.29, 1.82) is 0 Å². The summed E-state index contributed by atoms with van der Waals surface area (Å²) in [4.78, 5) is 2.38. The van der Waals surface area contributed by atoms with Crippen molar-refractivity contribution in [1.82, 2.24) is 4.90 Å². The molecule has 3 N–H and O–H groups in total. The Morgan fingerprint density at radius 2 is 1.92 bits per heavy atom. The molecular formula is C10H22N2O. The van der Waals surface area contributed by atoms with Crippen LogP contribution in [-0.4, -0.2) is 41.3 Å². The summed E-state index contributed by atoms with van der Waals surface area (Å²) in [6.45, 7) is 5.58. The number of β-amino-alcohol motifs (C(OH)–C–C–N with tert-alkyl or cyclic N) is 1. The van der Waals surface area contributed by atoms with Gasteiger partial charge in [-0.15, -0.1) is 0 Å². The fourth-order valence-corrected chi connectivity index (χ4v) is 2.15. The third-order valence-electron chi connectivity index (χ3n) is 3.07. The van der Waals surface area contributed by atoms with Gasteiger partial charge in [0.1, 0.15) is 0 Å². The molecule has 1 fully saturated rings. The second-order valence-electron chi connectivity index (χ2n) is 4.22. The number of likely N-dealkylation sites (tertiary alicyclic amines) is 1. The maximum absolute atomic E-state index is 9.48. The molecule has 0 aliphatic carbocycles. The van der Waals surface area contributed by atoms with Gasteiger partial charge < -0.3 is 10.8 Å². The van der Waals surface area contributed by atoms with E-state index in [4.69, 9.17) is 5.73 Å². The van der Waals surface area contributed by atoms with E-state index in [0.717, 1.165) is 6.54 Å². The Kier molecular flexibility index (Phi) is 4.16. The second kappa shape index (κ2) is 4.94. The number of nitrogens with two attached hydrogens (primary N) is 1. The van der Waals surface area contributed by atoms with E-state index in [9.17, 15) is 5.11 Å². The van der Waals surface area contributed by atoms with E-state index < -0.39 is 0 Å². The highest BCUT2D eigenvalue weighted by Crippen LogP contribution is 2.22. The molecule has 13 heavy (non-hydrogen) atoms. The number of rotatable bonds is 3. The van der Waals surface area contributed by atoms with Crippen LogP contribution in [0.15, 0.2) is 0 Å². The van der Waals surface area contributed by atoms with E-state index in [0.29, 0.717) is 18.6 Å². The smallest absolute Gasteiger partial charge is 0.0789 e. The molecule has 1 aliphatic heterocycles. The summed E-state index contributed by atoms with van der Waals surface area (Å²) >= 11 is 0. The van der Waals surface area contributed by atoms with Crippen LogP contribution in [0.4, 0.5) is 0 Å². The van der Waals surface area contributed by atoms with E-state index in [1.165, 1.54) is 19.3 Å². The van der Waals surface area contributed by atoms with Gasteiger partial charge in [0.2, 0.25) is 0 Å². The fourth-order valence-electron chi connectivity index (χ4n) is 2.15. The fraction of sp³-hybridized carbons (Fsp3) is 1.00. The first-order chi connectivity index (χ1) is 6.15. The average molecular weight is 186 g/mol. The standard InChI is InChI=1S/C10H22N2O/c1-8-4-3-5-9(2)12(8)7-10(13)6-11/h8-10,13H,3-7,11H2,1-2H3/t8?,9?,10-/m0/s1. The van der Waals surface area contributed by atoms with Crippen molar-refractivity contribution in [2.45, 2.75) is 51.3 Å². The van der Waals surface area contributed by atoms with Crippen molar-refractivity contribution in [2.75, 3.05) is 13.1 Å². The quantitative estimate of drug-likeness (QED) is 0.677. The van der Waals surface area contributed by atoms with Gasteiger partial charge in [-0.05, 0) is 26.7 Å². The van der Waals surface area contributed by atoms with Crippen molar-refractivity contribution in [3.8, 4) is 0 Å². The lowest BCUT2D eigenvalue weighted by Gasteiger charge is -2.39. The molecule has 2 unspecified atom stereocenters. The summed E-state index contributed by atoms with van der Waals surface area (Å²) in [6.07, 6.45) is 3.46. The van der Waals surface area contributed by atoms with Crippen molar-refractivity contribution in [3.63, 3.8) is 0 Å². The number of aliphatic hydroxyl groups excluding tert-OH is 1. The highest BCUT2D eigenvalue weighted by molar-refractivity contribution is 4.81. The van der Waals surface area contributed by atoms with Crippen LogP contribution in [0.3, 0.4) is 0 Å². The molecule has 0 bridgehead atoms. The summed E-state index contributed by atoms with van der Waals surface area (Å²) in [5.41, 5.74) is 5.40. The monoisotopic (exact) mass is 186 g/mol. The van der Waals surface area contributed by atoms with E-state index in [1.807, 2.05) is 0 Å². The van der Waals surface area contributed by atoms with Crippen LogP contribution >= 0.6 is 0 Å². The Bertz CT molecular complexity index is 142. The summed E-state index contributed by atoms with van der Waals surface area (Å²) in [5.74, 6) is 0. The molecule has 0 radical (unpaired) electrons. The molecule has 0 aromatic heterocycles. The molecule has 0 saturated carbocycles. The van der Waals surface area contributed by atoms with Crippen molar-refractivity contribution >= 4 is 0 Å². The molecule has 3 atom stereocenters. The van der Waals surface area contributed by atoms with E-state index in [-0.39, 0.29) is 6.10 Å². The first-order valence-corrected chi connectivity index (χ1v) is 5.29. The molecule has 0 aromatic carbocycles. The zero-order valence-electron chi connectivity index (χ0n) is 8.74. The normalized spacial score (nSPS) is 33.2. The van der Waals surface area contributed by atoms with Crippen LogP contribution in [0.2, 0.25) is 0 Å². The van der Waals surface area contributed by atoms with Crippen molar-refractivity contribution in [2.24, 2.45) is 5.73 Å². The maximum atomic E-state index is 9.48. The molecule has 1 aliphatic rings. The average Bonchev–Trinajstić information content (AvgIpc) is 2.11. The zero-order valence-corrected chi connectivity index (χ0v) is 8.74. The molecule has 1 rings (SSSR count). The molecule has 3 nitrogen and oxygen atoms in total. The van der Waals surface area contributed by atoms with Crippen LogP contribution in [0.25, 0.3) is 0 Å². The Balaban J connectivity index is 2.43. The minimum absolute atomic E-state index is 0.358. The molecule has 0 spiro atoms. The molecule has 0 amide bonds. The van der Waals surface area contributed by atoms with Crippen LogP contribution < -0.4 is 5.73 Å². The predicted octanol–water partition coefficient (Wildman–Crippen LogP) is 0.569. The highest BCUT2D eigenvalue weighted by atomic mass is 16.3. The van der Waals surface area contributed by atoms with Crippen LogP contribution in [0.5, 0.6) is 0 Å². The summed E-state index contributed by atoms with van der Waals surface area (Å²) in [5, 5.41) is 9.48. The number of hydrogen-bond acceptors (Lipinski definition) is 3. The number of aliphatic hydroxyl groups is 1. The number of hydrogen-bond donors (Lipinski definition) is 2. The number of nitrogens with zero attached hydrogens (tertiary/aromatic N) is 1. The van der Waals surface area contributed by atoms with Gasteiger partial charge in [-0.1, -0.05) is 6.42 Å². The zero-order chi connectivity index (χ0) is 9.84. The minimum atomic E-state index is -0.358. The summed E-state index contributed by atoms with van der Waals surface area (Å²) < 4.78 is 0. The lowest BCUT2D eigenvalue weighted by atomic mass is 9.97. The topological polar surface area (TPSA) is 49.5 Å². The van der Waals surface area contributed by atoms with E-state index in [1.54, 1.807) is 0 Å². The van der Waals surface area contributed by atoms with Gasteiger partial charge in [-0.3, -0.25) is 4.90 Å². The third kappa shape index (κ3) is 2.93. The lowest BCUT2D eigenvalue weighted by Crippen LogP contribution is -2.48. The van der Waals surface area contributed by atoms with Gasteiger partial charge in [-0.25, -0.2) is 0 Å². The minimum Gasteiger partial charge on any atom is -0.390 e. The van der Waals surface area contributed by atoms with Crippen molar-refractivity contribution < 1.29 is 5.11 Å². The van der Waals surface area contributed by atoms with Gasteiger partial charge in [0.15, 0.2) is 0 Å². The van der Waals surface area contributed by atoms with E-state index in [2.05, 4.69) is 18.7 Å². The Morgan fingerprint density at radius 3 is 2.38 bits per heavy atom. The van der Waals surface area contributed by atoms with Crippen LogP contribution in [0, 0.1) is 0 Å². The van der Waals surface area contributed by atoms with Gasteiger partial charge in [0, 0.05) is 25.2 Å². The highest BCUT2D eigenvalue weighted by Gasteiger charge is 2.25. The lowest BCUT2D eigenvalue weighted by molar-refractivity contribution is 0.0452. The van der Waals surface area contributed by atoms with Gasteiger partial charge >= 0.3 is 0 Å². The molecular weight excluding hydrogens is 164 g/mol. The largest absolute Gasteiger partial charge is 0.390 e. The first kappa shape index (κ1) is 11.0. The Morgan fingerprint density at radius 1 is 1.38 bits per heavy atom. The predicted molar refractivity (Wildman–Crippen MR) is 54.5 cm³/mol.